The van der Waals surface area contributed by atoms with E-state index in [-0.39, 0.29) is 0 Å². The third-order valence-electron chi connectivity index (χ3n) is 3.15. The highest BCUT2D eigenvalue weighted by Crippen LogP contribution is 2.31. The fourth-order valence-electron chi connectivity index (χ4n) is 2.71. The first-order valence-electron chi connectivity index (χ1n) is 6.92. The predicted molar refractivity (Wildman–Crippen MR) is 69.7 cm³/mol. The lowest BCUT2D eigenvalue weighted by atomic mass is 10.0. The van der Waals surface area contributed by atoms with Crippen molar-refractivity contribution in [1.29, 1.82) is 0 Å². The van der Waals surface area contributed by atoms with Crippen LogP contribution in [0.15, 0.2) is 0 Å². The van der Waals surface area contributed by atoms with E-state index in [9.17, 15) is 13.2 Å². The number of fused-ring (bicyclic) bond motifs is 1. The number of nitrogens with zero attached hydrogens (tertiary/aromatic N) is 2. The van der Waals surface area contributed by atoms with Gasteiger partial charge in [-0.15, -0.1) is 0 Å². The molecular weight excluding hydrogens is 241 g/mol. The van der Waals surface area contributed by atoms with Crippen LogP contribution in [-0.2, 0) is 0 Å². The van der Waals surface area contributed by atoms with Crippen molar-refractivity contribution in [3.63, 3.8) is 0 Å². The van der Waals surface area contributed by atoms with Crippen molar-refractivity contribution in [3.8, 4) is 0 Å². The van der Waals surface area contributed by atoms with Gasteiger partial charge in [0.15, 0.2) is 0 Å². The van der Waals surface area contributed by atoms with Crippen LogP contribution in [0.2, 0.25) is 0 Å². The van der Waals surface area contributed by atoms with Crippen molar-refractivity contribution < 1.29 is 13.2 Å². The maximum absolute atomic E-state index is 12.1. The highest BCUT2D eigenvalue weighted by Gasteiger charge is 2.42. The zero-order chi connectivity index (χ0) is 14.3. The molecule has 18 heavy (non-hydrogen) atoms. The van der Waals surface area contributed by atoms with E-state index in [0.717, 1.165) is 13.1 Å². The third-order valence-corrected chi connectivity index (χ3v) is 3.15. The quantitative estimate of drug-likeness (QED) is 0.721. The molecule has 0 aromatic rings. The monoisotopic (exact) mass is 268 g/mol. The third kappa shape index (κ3) is 5.57. The number of hydrogen-bond acceptors (Lipinski definition) is 2. The molecule has 0 amide bonds. The van der Waals surface area contributed by atoms with Crippen LogP contribution >= 0.6 is 0 Å². The Labute approximate surface area is 109 Å². The molecule has 5 heteroatoms. The first kappa shape index (κ1) is 17.7. The van der Waals surface area contributed by atoms with Gasteiger partial charge in [-0.25, -0.2) is 0 Å². The molecule has 2 nitrogen and oxygen atoms in total. The minimum Gasteiger partial charge on any atom is -0.306 e. The number of rotatable bonds is 1. The number of alkyl halides is 3. The van der Waals surface area contributed by atoms with Crippen molar-refractivity contribution >= 4 is 0 Å². The Bertz CT molecular complexity index is 205. The highest BCUT2D eigenvalue weighted by atomic mass is 19.4. The normalized spacial score (nSPS) is 28.0. The van der Waals surface area contributed by atoms with E-state index in [1.807, 2.05) is 34.7 Å². The standard InChI is InChI=1S/C9H15F3N2.2C2H6/c1-13-2-7-4-14(5-8(7)3-13)6-9(10,11)12;2*1-2/h7-8H,2-6H2,1H3;2*1-2H3. The molecule has 0 saturated carbocycles. The van der Waals surface area contributed by atoms with Crippen LogP contribution in [0.5, 0.6) is 0 Å². The molecular formula is C13H27F3N2. The number of hydrogen-bond donors (Lipinski definition) is 0. The smallest absolute Gasteiger partial charge is 0.306 e. The minimum absolute atomic E-state index is 0.461. The average molecular weight is 268 g/mol. The summed E-state index contributed by atoms with van der Waals surface area (Å²) in [6, 6.07) is 0. The molecule has 2 fully saturated rings. The lowest BCUT2D eigenvalue weighted by Crippen LogP contribution is -2.34. The Balaban J connectivity index is 0.000000659. The summed E-state index contributed by atoms with van der Waals surface area (Å²) in [6.07, 6.45) is -4.04. The van der Waals surface area contributed by atoms with Gasteiger partial charge in [-0.3, -0.25) is 4.90 Å². The number of halogens is 3. The minimum atomic E-state index is -4.04. The molecule has 0 bridgehead atoms. The van der Waals surface area contributed by atoms with Crippen molar-refractivity contribution in [2.24, 2.45) is 11.8 Å². The van der Waals surface area contributed by atoms with E-state index in [2.05, 4.69) is 4.90 Å². The molecule has 2 aliphatic heterocycles. The highest BCUT2D eigenvalue weighted by molar-refractivity contribution is 4.92. The first-order valence-corrected chi connectivity index (χ1v) is 6.92. The molecule has 0 aromatic carbocycles. The Morgan fingerprint density at radius 1 is 0.889 bits per heavy atom. The van der Waals surface area contributed by atoms with Gasteiger partial charge >= 0.3 is 6.18 Å². The Morgan fingerprint density at radius 3 is 1.61 bits per heavy atom. The lowest BCUT2D eigenvalue weighted by molar-refractivity contribution is -0.144. The van der Waals surface area contributed by atoms with Gasteiger partial charge < -0.3 is 4.90 Å². The fourth-order valence-corrected chi connectivity index (χ4v) is 2.71. The molecule has 2 unspecified atom stereocenters. The van der Waals surface area contributed by atoms with Crippen molar-refractivity contribution in [1.82, 2.24) is 9.80 Å². The Morgan fingerprint density at radius 2 is 1.28 bits per heavy atom. The fraction of sp³-hybridized carbons (Fsp3) is 1.00. The van der Waals surface area contributed by atoms with E-state index in [4.69, 9.17) is 0 Å². The SMILES string of the molecule is CC.CC.CN1CC2CN(CC(F)(F)F)CC2C1. The molecule has 2 heterocycles. The van der Waals surface area contributed by atoms with Gasteiger partial charge in [-0.05, 0) is 18.9 Å². The topological polar surface area (TPSA) is 6.48 Å². The molecule has 0 aliphatic carbocycles. The summed E-state index contributed by atoms with van der Waals surface area (Å²) in [4.78, 5) is 3.75. The van der Waals surface area contributed by atoms with E-state index in [0.29, 0.717) is 24.9 Å². The van der Waals surface area contributed by atoms with Crippen LogP contribution in [0.4, 0.5) is 13.2 Å². The van der Waals surface area contributed by atoms with Crippen LogP contribution in [-0.4, -0.2) is 55.7 Å². The molecule has 0 aromatic heterocycles. The maximum Gasteiger partial charge on any atom is 0.401 e. The van der Waals surface area contributed by atoms with E-state index < -0.39 is 12.7 Å². The molecule has 2 aliphatic rings. The molecule has 0 spiro atoms. The van der Waals surface area contributed by atoms with Gasteiger partial charge in [-0.2, -0.15) is 13.2 Å². The van der Waals surface area contributed by atoms with Gasteiger partial charge in [0, 0.05) is 26.2 Å². The van der Waals surface area contributed by atoms with Crippen LogP contribution in [0.25, 0.3) is 0 Å². The van der Waals surface area contributed by atoms with Crippen molar-refractivity contribution in [2.45, 2.75) is 33.9 Å². The largest absolute Gasteiger partial charge is 0.401 e. The van der Waals surface area contributed by atoms with Crippen LogP contribution in [0, 0.1) is 11.8 Å². The van der Waals surface area contributed by atoms with E-state index >= 15 is 0 Å². The average Bonchev–Trinajstić information content (AvgIpc) is 2.77. The van der Waals surface area contributed by atoms with Gasteiger partial charge in [-0.1, -0.05) is 27.7 Å². The summed E-state index contributed by atoms with van der Waals surface area (Å²) in [6.45, 7) is 10.4. The molecule has 0 radical (unpaired) electrons. The predicted octanol–water partition coefficient (Wildman–Crippen LogP) is 3.09. The van der Waals surface area contributed by atoms with Crippen LogP contribution in [0.1, 0.15) is 27.7 Å². The second kappa shape index (κ2) is 8.00. The van der Waals surface area contributed by atoms with Crippen LogP contribution in [0.3, 0.4) is 0 Å². The molecule has 2 saturated heterocycles. The lowest BCUT2D eigenvalue weighted by Gasteiger charge is -2.20. The molecule has 2 atom stereocenters. The summed E-state index contributed by atoms with van der Waals surface area (Å²) < 4.78 is 36.3. The molecule has 0 N–H and O–H groups in total. The maximum atomic E-state index is 12.1. The zero-order valence-corrected chi connectivity index (χ0v) is 12.2. The van der Waals surface area contributed by atoms with Crippen LogP contribution < -0.4 is 0 Å². The van der Waals surface area contributed by atoms with Crippen molar-refractivity contribution in [2.75, 3.05) is 39.8 Å². The number of likely N-dealkylation sites (tertiary alicyclic amines) is 2. The van der Waals surface area contributed by atoms with Gasteiger partial charge in [0.1, 0.15) is 0 Å². The summed E-state index contributed by atoms with van der Waals surface area (Å²) in [5.74, 6) is 0.921. The van der Waals surface area contributed by atoms with Crippen molar-refractivity contribution in [3.05, 3.63) is 0 Å². The van der Waals surface area contributed by atoms with Gasteiger partial charge in [0.2, 0.25) is 0 Å². The molecule has 2 rings (SSSR count). The summed E-state index contributed by atoms with van der Waals surface area (Å²) >= 11 is 0. The first-order chi connectivity index (χ1) is 8.44. The summed E-state index contributed by atoms with van der Waals surface area (Å²) in [5, 5.41) is 0. The second-order valence-electron chi connectivity index (χ2n) is 4.55. The molecule has 110 valence electrons. The van der Waals surface area contributed by atoms with Gasteiger partial charge in [0.05, 0.1) is 6.54 Å². The Hall–Kier alpha value is -0.290. The summed E-state index contributed by atoms with van der Waals surface area (Å²) in [7, 11) is 2.03. The second-order valence-corrected chi connectivity index (χ2v) is 4.55. The van der Waals surface area contributed by atoms with E-state index in [1.165, 1.54) is 0 Å². The van der Waals surface area contributed by atoms with E-state index in [1.54, 1.807) is 4.90 Å². The van der Waals surface area contributed by atoms with Gasteiger partial charge in [0.25, 0.3) is 0 Å². The zero-order valence-electron chi connectivity index (χ0n) is 12.2. The summed E-state index contributed by atoms with van der Waals surface area (Å²) in [5.41, 5.74) is 0. The Kier molecular flexibility index (Phi) is 7.87.